The minimum absolute atomic E-state index is 0.0331. The Morgan fingerprint density at radius 1 is 0.708 bits per heavy atom. The van der Waals surface area contributed by atoms with Crippen LogP contribution in [0, 0.1) is 5.92 Å². The third-order valence-electron chi connectivity index (χ3n) is 7.66. The van der Waals surface area contributed by atoms with E-state index in [0.29, 0.717) is 32.4 Å². The molecule has 18 heteroatoms. The summed E-state index contributed by atoms with van der Waals surface area (Å²) < 4.78 is 0. The number of hydrogen-bond acceptors (Lipinski definition) is 11. The van der Waals surface area contributed by atoms with Gasteiger partial charge >= 0.3 is 23.9 Å². The Balaban J connectivity index is 1.90. The number of rotatable bonds is 21. The molecule has 3 amide bonds. The molecular formula is C30H45N7O11. The summed E-state index contributed by atoms with van der Waals surface area (Å²) in [7, 11) is 0. The van der Waals surface area contributed by atoms with E-state index in [0.717, 1.165) is 5.56 Å². The van der Waals surface area contributed by atoms with Crippen molar-refractivity contribution in [3.05, 3.63) is 35.9 Å². The molecule has 0 aromatic heterocycles. The van der Waals surface area contributed by atoms with Gasteiger partial charge in [-0.05, 0) is 30.7 Å². The van der Waals surface area contributed by atoms with Gasteiger partial charge in [-0.25, -0.2) is 0 Å². The number of carbonyl (C=O) groups excluding carboxylic acids is 3. The third-order valence-corrected chi connectivity index (χ3v) is 7.66. The minimum atomic E-state index is -1.24. The number of benzene rings is 1. The lowest BCUT2D eigenvalue weighted by atomic mass is 9.93. The smallest absolute Gasteiger partial charge is 0.317 e. The second-order valence-corrected chi connectivity index (χ2v) is 11.6. The monoisotopic (exact) mass is 679 g/mol. The van der Waals surface area contributed by atoms with Crippen LogP contribution < -0.4 is 16.6 Å². The summed E-state index contributed by atoms with van der Waals surface area (Å²) in [5, 5.41) is 36.6. The molecule has 266 valence electrons. The summed E-state index contributed by atoms with van der Waals surface area (Å²) in [5.74, 6) is -6.22. The Kier molecular flexibility index (Phi) is 16.9. The highest BCUT2D eigenvalue weighted by Gasteiger charge is 2.27. The van der Waals surface area contributed by atoms with E-state index >= 15 is 0 Å². The summed E-state index contributed by atoms with van der Waals surface area (Å²) in [6.07, 6.45) is 1.44. The van der Waals surface area contributed by atoms with Gasteiger partial charge in [0.1, 0.15) is 0 Å². The number of nitrogens with one attached hydrogen (secondary N) is 2. The molecule has 1 aliphatic heterocycles. The molecule has 0 saturated carbocycles. The van der Waals surface area contributed by atoms with Crippen molar-refractivity contribution in [1.82, 2.24) is 30.5 Å². The van der Waals surface area contributed by atoms with Gasteiger partial charge in [-0.15, -0.1) is 0 Å². The molecule has 18 nitrogen and oxygen atoms in total. The fourth-order valence-electron chi connectivity index (χ4n) is 5.20. The van der Waals surface area contributed by atoms with Crippen molar-refractivity contribution in [2.75, 3.05) is 72.0 Å². The Hall–Kier alpha value is -4.65. The van der Waals surface area contributed by atoms with Crippen LogP contribution in [0.2, 0.25) is 0 Å². The molecule has 1 heterocycles. The number of aliphatic carboxylic acids is 4. The zero-order valence-electron chi connectivity index (χ0n) is 26.7. The predicted octanol–water partition coefficient (Wildman–Crippen LogP) is -2.42. The van der Waals surface area contributed by atoms with E-state index in [9.17, 15) is 33.6 Å². The van der Waals surface area contributed by atoms with Crippen molar-refractivity contribution in [2.24, 2.45) is 11.7 Å². The number of hydrazine groups is 1. The molecule has 2 rings (SSSR count). The number of piperidine rings is 1. The summed E-state index contributed by atoms with van der Waals surface area (Å²) in [6.45, 7) is -1.65. The van der Waals surface area contributed by atoms with Crippen LogP contribution in [-0.2, 0) is 40.0 Å². The summed E-state index contributed by atoms with van der Waals surface area (Å²) in [5.41, 5.74) is 11.6. The molecule has 0 unspecified atom stereocenters. The standard InChI is InChI=1S/C30H45N7O11/c31-23(14-21-4-2-1-3-5-21)30(48)33-32-24(38)15-22-6-8-37(9-7-22)25(39)16-34(10-12-35(17-26(40)41)18-27(42)43)11-13-36(19-28(44)45)20-29(46)47/h1-5,22-23H,6-20,31H2,(H,32,38)(H,33,48)(H,40,41)(H,42,43)(H,44,45)(H,46,47)/t23-/m0/s1. The molecule has 1 aliphatic rings. The molecule has 1 fully saturated rings. The molecule has 1 atom stereocenters. The number of carboxylic acids is 4. The third kappa shape index (κ3) is 16.3. The van der Waals surface area contributed by atoms with Crippen molar-refractivity contribution in [3.63, 3.8) is 0 Å². The van der Waals surface area contributed by atoms with Crippen molar-refractivity contribution < 1.29 is 54.0 Å². The number of carboxylic acid groups (broad SMARTS) is 4. The molecule has 0 bridgehead atoms. The Bertz CT molecular complexity index is 1190. The molecule has 1 saturated heterocycles. The molecule has 0 spiro atoms. The first-order valence-corrected chi connectivity index (χ1v) is 15.4. The van der Waals surface area contributed by atoms with Gasteiger partial charge in [0.25, 0.3) is 5.91 Å². The average molecular weight is 680 g/mol. The number of nitrogens with two attached hydrogens (primary N) is 1. The number of amides is 3. The fraction of sp³-hybridized carbons (Fsp3) is 0.567. The predicted molar refractivity (Wildman–Crippen MR) is 168 cm³/mol. The van der Waals surface area contributed by atoms with E-state index in [4.69, 9.17) is 26.2 Å². The molecule has 8 N–H and O–H groups in total. The van der Waals surface area contributed by atoms with Crippen molar-refractivity contribution >= 4 is 41.6 Å². The van der Waals surface area contributed by atoms with E-state index in [1.807, 2.05) is 30.3 Å². The summed E-state index contributed by atoms with van der Waals surface area (Å²) in [4.78, 5) is 88.4. The van der Waals surface area contributed by atoms with Gasteiger partial charge in [-0.1, -0.05) is 30.3 Å². The number of hydrogen-bond donors (Lipinski definition) is 7. The average Bonchev–Trinajstić information content (AvgIpc) is 3.00. The Labute approximate surface area is 277 Å². The number of carbonyl (C=O) groups is 7. The maximum Gasteiger partial charge on any atom is 0.317 e. The van der Waals surface area contributed by atoms with Crippen LogP contribution in [-0.4, -0.2) is 160 Å². The van der Waals surface area contributed by atoms with Crippen LogP contribution in [0.5, 0.6) is 0 Å². The second kappa shape index (κ2) is 20.6. The van der Waals surface area contributed by atoms with Crippen LogP contribution in [0.25, 0.3) is 0 Å². The number of nitrogens with zero attached hydrogens (tertiary/aromatic N) is 4. The maximum absolute atomic E-state index is 13.3. The van der Waals surface area contributed by atoms with Crippen molar-refractivity contribution in [1.29, 1.82) is 0 Å². The quantitative estimate of drug-likeness (QED) is 0.0667. The molecule has 0 aliphatic carbocycles. The fourth-order valence-corrected chi connectivity index (χ4v) is 5.20. The molecule has 0 radical (unpaired) electrons. The zero-order valence-corrected chi connectivity index (χ0v) is 26.7. The topological polar surface area (TPSA) is 263 Å². The first-order chi connectivity index (χ1) is 22.7. The van der Waals surface area contributed by atoms with Gasteiger partial charge in [0.2, 0.25) is 11.8 Å². The lowest BCUT2D eigenvalue weighted by Gasteiger charge is -2.34. The Morgan fingerprint density at radius 3 is 1.62 bits per heavy atom. The molecule has 48 heavy (non-hydrogen) atoms. The Morgan fingerprint density at radius 2 is 1.17 bits per heavy atom. The van der Waals surface area contributed by atoms with E-state index in [-0.39, 0.29) is 51.0 Å². The largest absolute Gasteiger partial charge is 0.480 e. The van der Waals surface area contributed by atoms with E-state index in [1.54, 1.807) is 9.80 Å². The van der Waals surface area contributed by atoms with Gasteiger partial charge in [0.15, 0.2) is 0 Å². The minimum Gasteiger partial charge on any atom is -0.480 e. The van der Waals surface area contributed by atoms with Gasteiger partial charge < -0.3 is 31.1 Å². The first kappa shape index (κ1) is 39.5. The molecule has 1 aromatic rings. The van der Waals surface area contributed by atoms with Crippen LogP contribution in [0.4, 0.5) is 0 Å². The molecule has 1 aromatic carbocycles. The lowest BCUT2D eigenvalue weighted by Crippen LogP contribution is -2.51. The van der Waals surface area contributed by atoms with Gasteiger partial charge in [-0.3, -0.25) is 59.1 Å². The second-order valence-electron chi connectivity index (χ2n) is 11.6. The van der Waals surface area contributed by atoms with Gasteiger partial charge in [0, 0.05) is 45.7 Å². The highest BCUT2D eigenvalue weighted by atomic mass is 16.4. The summed E-state index contributed by atoms with van der Waals surface area (Å²) in [6, 6.07) is 8.36. The highest BCUT2D eigenvalue weighted by Crippen LogP contribution is 2.20. The normalized spacial score (nSPS) is 14.1. The molecular weight excluding hydrogens is 634 g/mol. The van der Waals surface area contributed by atoms with Crippen LogP contribution in [0.1, 0.15) is 24.8 Å². The van der Waals surface area contributed by atoms with E-state index in [2.05, 4.69) is 10.9 Å². The summed E-state index contributed by atoms with van der Waals surface area (Å²) >= 11 is 0. The van der Waals surface area contributed by atoms with Gasteiger partial charge in [0.05, 0.1) is 38.8 Å². The van der Waals surface area contributed by atoms with Crippen LogP contribution in [0.15, 0.2) is 30.3 Å². The van der Waals surface area contributed by atoms with Crippen LogP contribution in [0.3, 0.4) is 0 Å². The van der Waals surface area contributed by atoms with E-state index < -0.39 is 67.9 Å². The maximum atomic E-state index is 13.3. The zero-order chi connectivity index (χ0) is 35.6. The first-order valence-electron chi connectivity index (χ1n) is 15.4. The number of likely N-dealkylation sites (tertiary alicyclic amines) is 1. The van der Waals surface area contributed by atoms with Gasteiger partial charge in [-0.2, -0.15) is 0 Å². The lowest BCUT2D eigenvalue weighted by molar-refractivity contribution is -0.143. The van der Waals surface area contributed by atoms with Crippen molar-refractivity contribution in [2.45, 2.75) is 31.7 Å². The SMILES string of the molecule is N[C@@H](Cc1ccccc1)C(=O)NNC(=O)CC1CCN(C(=O)CN(CCN(CC(=O)O)CC(=O)O)CCN(CC(=O)O)CC(=O)O)CC1. The van der Waals surface area contributed by atoms with E-state index in [1.165, 1.54) is 9.80 Å². The van der Waals surface area contributed by atoms with Crippen molar-refractivity contribution in [3.8, 4) is 0 Å². The highest BCUT2D eigenvalue weighted by molar-refractivity contribution is 5.85. The van der Waals surface area contributed by atoms with Crippen LogP contribution >= 0.6 is 0 Å².